The van der Waals surface area contributed by atoms with Crippen molar-refractivity contribution in [3.05, 3.63) is 88.6 Å². The molecule has 6 aromatic rings. The van der Waals surface area contributed by atoms with E-state index in [1.165, 1.54) is 11.3 Å². The Morgan fingerprint density at radius 3 is 2.64 bits per heavy atom. The van der Waals surface area contributed by atoms with Crippen LogP contribution in [0.1, 0.15) is 38.0 Å². The summed E-state index contributed by atoms with van der Waals surface area (Å²) in [4.78, 5) is 34.7. The molecule has 9 heteroatoms. The number of thiophene rings is 1. The van der Waals surface area contributed by atoms with Gasteiger partial charge in [0, 0.05) is 57.3 Å². The number of phenolic OH excluding ortho intramolecular Hbond substituents is 1. The number of aromatic nitrogens is 2. The molecule has 0 fully saturated rings. The number of para-hydroxylation sites is 1. The zero-order chi connectivity index (χ0) is 26.8. The molecule has 0 spiro atoms. The van der Waals surface area contributed by atoms with Gasteiger partial charge >= 0.3 is 0 Å². The standard InChI is InChI=1S/C30H23ClN4O3S/c1-15-14-39-28-25(36)11-24-27(26(15)28)18(12-31)13-35(24)30(38)23-10-17-8-19(6-7-21(17)34-23)32-29(37)22-9-16-4-2-3-5-20(16)33-22/h2-11,14,18,33-34,36H,12-13H2,1H3,(H,32,37)/t18-/m1/s1. The largest absolute Gasteiger partial charge is 0.506 e. The molecular weight excluding hydrogens is 532 g/mol. The fourth-order valence-electron chi connectivity index (χ4n) is 5.60. The number of fused-ring (bicyclic) bond motifs is 5. The van der Waals surface area contributed by atoms with Gasteiger partial charge in [-0.2, -0.15) is 0 Å². The van der Waals surface area contributed by atoms with Crippen LogP contribution in [-0.4, -0.2) is 39.3 Å². The first kappa shape index (κ1) is 23.8. The van der Waals surface area contributed by atoms with Crippen LogP contribution in [0.25, 0.3) is 31.9 Å². The Hall–Kier alpha value is -4.27. The number of halogens is 1. The maximum absolute atomic E-state index is 13.7. The number of H-pyrrole nitrogens is 2. The molecule has 1 aliphatic heterocycles. The van der Waals surface area contributed by atoms with Crippen molar-refractivity contribution in [3.63, 3.8) is 0 Å². The number of aromatic amines is 2. The third-order valence-corrected chi connectivity index (χ3v) is 8.94. The number of aromatic hydroxyl groups is 1. The fourth-order valence-corrected chi connectivity index (χ4v) is 6.83. The molecule has 7 nitrogen and oxygen atoms in total. The molecule has 4 N–H and O–H groups in total. The molecule has 0 saturated carbocycles. The van der Waals surface area contributed by atoms with Crippen molar-refractivity contribution in [2.75, 3.05) is 22.6 Å². The van der Waals surface area contributed by atoms with Gasteiger partial charge in [-0.1, -0.05) is 18.2 Å². The molecule has 7 rings (SSSR count). The average molecular weight is 555 g/mol. The first-order valence-corrected chi connectivity index (χ1v) is 14.0. The highest BCUT2D eigenvalue weighted by molar-refractivity contribution is 7.17. The van der Waals surface area contributed by atoms with E-state index in [9.17, 15) is 14.7 Å². The summed E-state index contributed by atoms with van der Waals surface area (Å²) in [7, 11) is 0. The van der Waals surface area contributed by atoms with E-state index in [0.29, 0.717) is 35.2 Å². The summed E-state index contributed by atoms with van der Waals surface area (Å²) in [6.45, 7) is 2.45. The lowest BCUT2D eigenvalue weighted by atomic mass is 9.97. The minimum atomic E-state index is -0.243. The van der Waals surface area contributed by atoms with Crippen molar-refractivity contribution >= 4 is 78.0 Å². The van der Waals surface area contributed by atoms with Crippen molar-refractivity contribution < 1.29 is 14.7 Å². The van der Waals surface area contributed by atoms with Crippen LogP contribution >= 0.6 is 22.9 Å². The Morgan fingerprint density at radius 2 is 1.82 bits per heavy atom. The number of benzene rings is 3. The maximum Gasteiger partial charge on any atom is 0.274 e. The first-order chi connectivity index (χ1) is 18.9. The van der Waals surface area contributed by atoms with Crippen LogP contribution in [0.15, 0.2) is 66.0 Å². The van der Waals surface area contributed by atoms with Crippen LogP contribution in [0.5, 0.6) is 5.75 Å². The van der Waals surface area contributed by atoms with Gasteiger partial charge < -0.3 is 25.3 Å². The second kappa shape index (κ2) is 8.90. The van der Waals surface area contributed by atoms with Crippen molar-refractivity contribution in [3.8, 4) is 5.75 Å². The Bertz CT molecular complexity index is 1920. The topological polar surface area (TPSA) is 101 Å². The van der Waals surface area contributed by atoms with E-state index in [1.807, 2.05) is 54.8 Å². The molecule has 0 radical (unpaired) electrons. The summed E-state index contributed by atoms with van der Waals surface area (Å²) in [6, 6.07) is 18.5. The third-order valence-electron chi connectivity index (χ3n) is 7.44. The summed E-state index contributed by atoms with van der Waals surface area (Å²) in [5.41, 5.74) is 5.98. The zero-order valence-electron chi connectivity index (χ0n) is 20.8. The molecule has 3 aromatic carbocycles. The molecule has 4 heterocycles. The quantitative estimate of drug-likeness (QED) is 0.175. The predicted octanol–water partition coefficient (Wildman–Crippen LogP) is 7.11. The smallest absolute Gasteiger partial charge is 0.274 e. The lowest BCUT2D eigenvalue weighted by Crippen LogP contribution is -2.30. The number of carbonyl (C=O) groups is 2. The Kier molecular flexibility index (Phi) is 5.43. The number of nitrogens with one attached hydrogen (secondary N) is 3. The van der Waals surface area contributed by atoms with Crippen LogP contribution in [0, 0.1) is 6.92 Å². The zero-order valence-corrected chi connectivity index (χ0v) is 22.4. The van der Waals surface area contributed by atoms with Crippen LogP contribution in [-0.2, 0) is 0 Å². The van der Waals surface area contributed by atoms with E-state index in [-0.39, 0.29) is 23.5 Å². The van der Waals surface area contributed by atoms with Gasteiger partial charge in [-0.05, 0) is 59.8 Å². The number of carbonyl (C=O) groups excluding carboxylic acids is 2. The number of hydrogen-bond acceptors (Lipinski definition) is 4. The van der Waals surface area contributed by atoms with E-state index >= 15 is 0 Å². The number of anilines is 2. The molecular formula is C30H23ClN4O3S. The number of aryl methyl sites for hydroxylation is 1. The maximum atomic E-state index is 13.7. The number of rotatable bonds is 4. The lowest BCUT2D eigenvalue weighted by Gasteiger charge is -2.17. The molecule has 194 valence electrons. The molecule has 1 atom stereocenters. The molecule has 2 amide bonds. The number of amides is 2. The van der Waals surface area contributed by atoms with E-state index < -0.39 is 0 Å². The molecule has 0 unspecified atom stereocenters. The van der Waals surface area contributed by atoms with Gasteiger partial charge in [0.25, 0.3) is 11.8 Å². The number of phenols is 1. The van der Waals surface area contributed by atoms with E-state index in [2.05, 4.69) is 15.3 Å². The van der Waals surface area contributed by atoms with Gasteiger partial charge in [-0.25, -0.2) is 0 Å². The SMILES string of the molecule is Cc1csc2c(O)cc3c(c12)[C@H](CCl)CN3C(=O)c1cc2cc(NC(=O)c3cc4ccccc4[nH]3)ccc2[nH]1. The number of alkyl halides is 1. The van der Waals surface area contributed by atoms with Crippen LogP contribution in [0.3, 0.4) is 0 Å². The minimum absolute atomic E-state index is 0.0298. The Morgan fingerprint density at radius 1 is 1.05 bits per heavy atom. The summed E-state index contributed by atoms with van der Waals surface area (Å²) in [5, 5.41) is 18.4. The first-order valence-electron chi connectivity index (χ1n) is 12.5. The van der Waals surface area contributed by atoms with Crippen LogP contribution in [0.2, 0.25) is 0 Å². The van der Waals surface area contributed by atoms with E-state index in [4.69, 9.17) is 11.6 Å². The number of hydrogen-bond donors (Lipinski definition) is 4. The number of nitrogens with zero attached hydrogens (tertiary/aromatic N) is 1. The van der Waals surface area contributed by atoms with E-state index in [0.717, 1.165) is 43.0 Å². The summed E-state index contributed by atoms with van der Waals surface area (Å²) in [6.07, 6.45) is 0. The highest BCUT2D eigenvalue weighted by Gasteiger charge is 2.36. The minimum Gasteiger partial charge on any atom is -0.506 e. The fraction of sp³-hybridized carbons (Fsp3) is 0.133. The van der Waals surface area contributed by atoms with Gasteiger partial charge in [-0.15, -0.1) is 22.9 Å². The summed E-state index contributed by atoms with van der Waals surface area (Å²) < 4.78 is 0.823. The van der Waals surface area contributed by atoms with Crippen molar-refractivity contribution in [1.29, 1.82) is 0 Å². The summed E-state index contributed by atoms with van der Waals surface area (Å²) in [5.74, 6) is 0.0704. The van der Waals surface area contributed by atoms with Gasteiger partial charge in [0.05, 0.1) is 10.4 Å². The highest BCUT2D eigenvalue weighted by atomic mass is 35.5. The van der Waals surface area contributed by atoms with Crippen LogP contribution in [0.4, 0.5) is 11.4 Å². The highest BCUT2D eigenvalue weighted by Crippen LogP contribution is 2.48. The second-order valence-electron chi connectivity index (χ2n) is 9.93. The van der Waals surface area contributed by atoms with Gasteiger partial charge in [0.15, 0.2) is 0 Å². The van der Waals surface area contributed by atoms with Crippen molar-refractivity contribution in [1.82, 2.24) is 9.97 Å². The van der Waals surface area contributed by atoms with Gasteiger partial charge in [0.2, 0.25) is 0 Å². The molecule has 3 aromatic heterocycles. The second-order valence-corrected chi connectivity index (χ2v) is 11.1. The molecule has 39 heavy (non-hydrogen) atoms. The Balaban J connectivity index is 1.19. The lowest BCUT2D eigenvalue weighted by molar-refractivity contribution is 0.0983. The monoisotopic (exact) mass is 554 g/mol. The molecule has 0 bridgehead atoms. The van der Waals surface area contributed by atoms with Crippen molar-refractivity contribution in [2.45, 2.75) is 12.8 Å². The predicted molar refractivity (Wildman–Crippen MR) is 158 cm³/mol. The molecule has 0 saturated heterocycles. The van der Waals surface area contributed by atoms with E-state index in [1.54, 1.807) is 23.1 Å². The van der Waals surface area contributed by atoms with Gasteiger partial charge in [0.1, 0.15) is 17.1 Å². The third kappa shape index (κ3) is 3.78. The van der Waals surface area contributed by atoms with Gasteiger partial charge in [-0.3, -0.25) is 9.59 Å². The Labute approximate surface area is 232 Å². The molecule has 0 aliphatic carbocycles. The molecule has 1 aliphatic rings. The normalized spacial score (nSPS) is 14.9. The average Bonchev–Trinajstić information content (AvgIpc) is 3.71. The van der Waals surface area contributed by atoms with Crippen LogP contribution < -0.4 is 10.2 Å². The summed E-state index contributed by atoms with van der Waals surface area (Å²) >= 11 is 7.86. The van der Waals surface area contributed by atoms with Crippen molar-refractivity contribution in [2.24, 2.45) is 0 Å².